The minimum absolute atomic E-state index is 0.273. The predicted molar refractivity (Wildman–Crippen MR) is 120 cm³/mol. The van der Waals surface area contributed by atoms with Gasteiger partial charge in [0.05, 0.1) is 13.7 Å². The Morgan fingerprint density at radius 3 is 2.78 bits per heavy atom. The summed E-state index contributed by atoms with van der Waals surface area (Å²) >= 11 is 1.93. The Hall–Kier alpha value is -0.723. The van der Waals surface area contributed by atoms with Gasteiger partial charge < -0.3 is 15.2 Å². The smallest absolute Gasteiger partial charge is 0.0942 e. The molecular formula is C22H35NO2SSi. The van der Waals surface area contributed by atoms with Gasteiger partial charge in [-0.25, -0.2) is 0 Å². The molecule has 3 nitrogen and oxygen atoms in total. The van der Waals surface area contributed by atoms with Gasteiger partial charge in [-0.1, -0.05) is 31.8 Å². The molecule has 0 bridgehead atoms. The Bertz CT molecular complexity index is 748. The quantitative estimate of drug-likeness (QED) is 0.503. The first kappa shape index (κ1) is 21.0. The molecule has 2 N–H and O–H groups in total. The average molecular weight is 406 g/mol. The van der Waals surface area contributed by atoms with Crippen LogP contribution in [0.4, 0.5) is 0 Å². The van der Waals surface area contributed by atoms with E-state index in [1.807, 2.05) is 11.3 Å². The van der Waals surface area contributed by atoms with Gasteiger partial charge in [-0.05, 0) is 66.2 Å². The number of fused-ring (bicyclic) bond motifs is 1. The SMILES string of the molecule is COCCCC[C@@](O)(c1cccc2sc([Si](C)(C)C)cc12)[C@@H]1CCCNC1. The molecule has 1 fully saturated rings. The standard InChI is InChI=1S/C22H35NO2SSi/c1-25-14-6-5-12-22(24,17-9-8-13-23-16-17)19-10-7-11-20-18(19)15-21(26-20)27(2,3)4/h7,10-11,15,17,23-24H,5-6,8-9,12-14,16H2,1-4H3/t17-,22+/m1/s1. The zero-order valence-electron chi connectivity index (χ0n) is 17.3. The van der Waals surface area contributed by atoms with Crippen molar-refractivity contribution in [1.29, 1.82) is 0 Å². The minimum atomic E-state index is -1.37. The molecule has 1 saturated heterocycles. The molecule has 0 aliphatic carbocycles. The molecule has 0 spiro atoms. The zero-order valence-corrected chi connectivity index (χ0v) is 19.1. The third-order valence-corrected chi connectivity index (χ3v) is 10.6. The Morgan fingerprint density at radius 1 is 1.30 bits per heavy atom. The molecule has 1 aliphatic rings. The highest BCUT2D eigenvalue weighted by Crippen LogP contribution is 2.42. The van der Waals surface area contributed by atoms with Crippen LogP contribution < -0.4 is 9.82 Å². The average Bonchev–Trinajstić information content (AvgIpc) is 3.10. The summed E-state index contributed by atoms with van der Waals surface area (Å²) in [5.74, 6) is 0.273. The van der Waals surface area contributed by atoms with E-state index in [-0.39, 0.29) is 5.92 Å². The Kier molecular flexibility index (Phi) is 6.80. The first-order valence-corrected chi connectivity index (χ1v) is 14.6. The van der Waals surface area contributed by atoms with Gasteiger partial charge in [0, 0.05) is 30.9 Å². The Labute approximate surface area is 169 Å². The maximum absolute atomic E-state index is 12.1. The first-order valence-electron chi connectivity index (χ1n) is 10.3. The van der Waals surface area contributed by atoms with Gasteiger partial charge in [0.25, 0.3) is 0 Å². The van der Waals surface area contributed by atoms with E-state index in [2.05, 4.69) is 49.2 Å². The van der Waals surface area contributed by atoms with E-state index in [0.29, 0.717) is 0 Å². The highest BCUT2D eigenvalue weighted by Gasteiger charge is 2.40. The van der Waals surface area contributed by atoms with Crippen LogP contribution in [-0.4, -0.2) is 40.0 Å². The molecule has 27 heavy (non-hydrogen) atoms. The largest absolute Gasteiger partial charge is 0.385 e. The minimum Gasteiger partial charge on any atom is -0.385 e. The van der Waals surface area contributed by atoms with E-state index in [1.54, 1.807) is 7.11 Å². The normalized spacial score (nSPS) is 20.7. The molecule has 0 saturated carbocycles. The van der Waals surface area contributed by atoms with Crippen molar-refractivity contribution >= 4 is 34.0 Å². The van der Waals surface area contributed by atoms with E-state index in [1.165, 1.54) is 14.6 Å². The van der Waals surface area contributed by atoms with Gasteiger partial charge in [0.2, 0.25) is 0 Å². The van der Waals surface area contributed by atoms with E-state index < -0.39 is 13.7 Å². The lowest BCUT2D eigenvalue weighted by Crippen LogP contribution is -2.44. The van der Waals surface area contributed by atoms with Crippen LogP contribution >= 0.6 is 11.3 Å². The number of unbranched alkanes of at least 4 members (excludes halogenated alkanes) is 1. The molecule has 1 aromatic carbocycles. The molecule has 2 heterocycles. The highest BCUT2D eigenvalue weighted by molar-refractivity contribution is 7.31. The Balaban J connectivity index is 2.01. The van der Waals surface area contributed by atoms with Gasteiger partial charge in [-0.3, -0.25) is 0 Å². The number of hydrogen-bond donors (Lipinski definition) is 2. The summed E-state index contributed by atoms with van der Waals surface area (Å²) in [6.45, 7) is 9.94. The van der Waals surface area contributed by atoms with E-state index in [9.17, 15) is 5.11 Å². The van der Waals surface area contributed by atoms with Crippen LogP contribution in [0, 0.1) is 5.92 Å². The Morgan fingerprint density at radius 2 is 2.11 bits per heavy atom. The van der Waals surface area contributed by atoms with E-state index in [4.69, 9.17) is 4.74 Å². The molecule has 2 aromatic rings. The van der Waals surface area contributed by atoms with Crippen LogP contribution in [-0.2, 0) is 10.3 Å². The summed E-state index contributed by atoms with van der Waals surface area (Å²) < 4.78 is 8.08. The third kappa shape index (κ3) is 4.65. The second-order valence-corrected chi connectivity index (χ2v) is 15.5. The van der Waals surface area contributed by atoms with Gasteiger partial charge in [0.15, 0.2) is 0 Å². The van der Waals surface area contributed by atoms with Gasteiger partial charge in [-0.15, -0.1) is 11.3 Å². The zero-order chi connectivity index (χ0) is 19.5. The number of benzene rings is 1. The van der Waals surface area contributed by atoms with Crippen molar-refractivity contribution in [3.63, 3.8) is 0 Å². The number of thiophene rings is 1. The maximum Gasteiger partial charge on any atom is 0.0942 e. The predicted octanol–water partition coefficient (Wildman–Crippen LogP) is 4.45. The number of ether oxygens (including phenoxy) is 1. The van der Waals surface area contributed by atoms with Crippen molar-refractivity contribution in [3.8, 4) is 0 Å². The lowest BCUT2D eigenvalue weighted by Gasteiger charge is -2.40. The summed E-state index contributed by atoms with van der Waals surface area (Å²) in [6, 6.07) is 8.92. The van der Waals surface area contributed by atoms with Crippen LogP contribution in [0.2, 0.25) is 19.6 Å². The van der Waals surface area contributed by atoms with Crippen molar-refractivity contribution in [2.24, 2.45) is 5.92 Å². The summed E-state index contributed by atoms with van der Waals surface area (Å²) in [7, 11) is 0.385. The van der Waals surface area contributed by atoms with Crippen LogP contribution in [0.1, 0.15) is 37.7 Å². The number of rotatable bonds is 8. The third-order valence-electron chi connectivity index (χ3n) is 5.90. The van der Waals surface area contributed by atoms with Crippen molar-refractivity contribution < 1.29 is 9.84 Å². The molecule has 1 aromatic heterocycles. The first-order chi connectivity index (χ1) is 12.9. The second-order valence-electron chi connectivity index (χ2n) is 9.00. The summed E-state index contributed by atoms with van der Waals surface area (Å²) in [5.41, 5.74) is 0.380. The molecule has 3 rings (SSSR count). The van der Waals surface area contributed by atoms with Crippen LogP contribution in [0.5, 0.6) is 0 Å². The summed E-state index contributed by atoms with van der Waals surface area (Å²) in [6.07, 6.45) is 5.03. The number of hydrogen-bond acceptors (Lipinski definition) is 4. The number of methoxy groups -OCH3 is 1. The number of piperidine rings is 1. The molecule has 1 aliphatic heterocycles. The molecule has 2 atom stereocenters. The van der Waals surface area contributed by atoms with Crippen molar-refractivity contribution in [1.82, 2.24) is 5.32 Å². The van der Waals surface area contributed by atoms with Crippen LogP contribution in [0.3, 0.4) is 0 Å². The maximum atomic E-state index is 12.1. The summed E-state index contributed by atoms with van der Waals surface area (Å²) in [5, 5.41) is 16.8. The molecule has 0 unspecified atom stereocenters. The van der Waals surface area contributed by atoms with Crippen molar-refractivity contribution in [2.45, 2.75) is 57.3 Å². The van der Waals surface area contributed by atoms with Crippen LogP contribution in [0.25, 0.3) is 10.1 Å². The molecule has 5 heteroatoms. The lowest BCUT2D eigenvalue weighted by molar-refractivity contribution is -0.0421. The van der Waals surface area contributed by atoms with E-state index >= 15 is 0 Å². The van der Waals surface area contributed by atoms with Gasteiger partial charge >= 0.3 is 0 Å². The van der Waals surface area contributed by atoms with Gasteiger partial charge in [-0.2, -0.15) is 0 Å². The second kappa shape index (κ2) is 8.74. The summed E-state index contributed by atoms with van der Waals surface area (Å²) in [4.78, 5) is 0. The molecule has 150 valence electrons. The van der Waals surface area contributed by atoms with Crippen molar-refractivity contribution in [2.75, 3.05) is 26.8 Å². The van der Waals surface area contributed by atoms with Crippen molar-refractivity contribution in [3.05, 3.63) is 29.8 Å². The van der Waals surface area contributed by atoms with Gasteiger partial charge in [0.1, 0.15) is 0 Å². The topological polar surface area (TPSA) is 41.5 Å². The monoisotopic (exact) mass is 405 g/mol. The van der Waals surface area contributed by atoms with Crippen LogP contribution in [0.15, 0.2) is 24.3 Å². The highest BCUT2D eigenvalue weighted by atomic mass is 32.1. The number of aliphatic hydroxyl groups is 1. The fourth-order valence-electron chi connectivity index (χ4n) is 4.27. The molecular weight excluding hydrogens is 370 g/mol. The fourth-order valence-corrected chi connectivity index (χ4v) is 7.24. The van der Waals surface area contributed by atoms with E-state index in [0.717, 1.165) is 57.4 Å². The number of nitrogens with one attached hydrogen (secondary N) is 1. The molecule has 0 amide bonds. The fraction of sp³-hybridized carbons (Fsp3) is 0.636. The lowest BCUT2D eigenvalue weighted by atomic mass is 9.73. The molecule has 0 radical (unpaired) electrons.